The largest absolute Gasteiger partial charge is 0.530 e. The molecular weight excluding hydrogens is 482 g/mol. The first kappa shape index (κ1) is 20.2. The Morgan fingerprint density at radius 3 is 2.94 bits per heavy atom. The number of aliphatic hydroxyl groups excluding tert-OH is 2. The van der Waals surface area contributed by atoms with Crippen LogP contribution in [0.15, 0.2) is 23.1 Å². The smallest absolute Gasteiger partial charge is 0.403 e. The summed E-state index contributed by atoms with van der Waals surface area (Å²) in [5.41, 5.74) is 0.298. The molecule has 2 aromatic rings. The van der Waals surface area contributed by atoms with Crippen LogP contribution in [-0.4, -0.2) is 50.7 Å². The predicted octanol–water partition coefficient (Wildman–Crippen LogP) is 1.99. The van der Waals surface area contributed by atoms with Crippen LogP contribution in [0.25, 0.3) is 0 Å². The number of hydrogen-bond acceptors (Lipinski definition) is 10. The molecule has 2 aliphatic rings. The Bertz CT molecular complexity index is 1420. The van der Waals surface area contributed by atoms with Crippen LogP contribution >= 0.6 is 20.0 Å². The van der Waals surface area contributed by atoms with Crippen LogP contribution in [0.5, 0.6) is 5.75 Å². The van der Waals surface area contributed by atoms with Crippen molar-refractivity contribution in [3.63, 3.8) is 0 Å². The highest BCUT2D eigenvalue weighted by Gasteiger charge is 2.57. The average Bonchev–Trinajstić information content (AvgIpc) is 2.95. The Labute approximate surface area is 195 Å². The fraction of sp³-hybridized carbons (Fsp3) is 0.421. The number of rotatable bonds is 5. The summed E-state index contributed by atoms with van der Waals surface area (Å²) in [5.74, 6) is -3.98. The molecule has 1 aromatic heterocycles. The number of carbonyl (C=O) groups is 1. The zero-order valence-electron chi connectivity index (χ0n) is 20.1. The summed E-state index contributed by atoms with van der Waals surface area (Å²) in [6.07, 6.45) is -7.71. The fourth-order valence-electron chi connectivity index (χ4n) is 3.35. The third kappa shape index (κ3) is 4.33. The molecule has 2 aliphatic heterocycles. The van der Waals surface area contributed by atoms with Gasteiger partial charge in [-0.05, 0) is 31.6 Å². The summed E-state index contributed by atoms with van der Waals surface area (Å²) >= 11 is 4.89. The number of aromatic nitrogens is 2. The number of hydrogen-bond donors (Lipinski definition) is 3. The summed E-state index contributed by atoms with van der Waals surface area (Å²) in [5, 5.41) is 20.9. The number of aldehydes is 1. The van der Waals surface area contributed by atoms with E-state index in [-0.39, 0.29) is 18.6 Å². The molecule has 0 spiro atoms. The molecule has 0 radical (unpaired) electrons. The standard InChI is InChI=1S/C19H20FN2O9PS/c1-9-3-10(2)14-11(4-9)7-28-32(27,31-14)29-8-19(20)15(25)13(24)17(30-19)22-5-12(6-23)16(26)21-18(22)33/h3-6,13,15,17,24-25H,7-8H2,1-2H3,(H,21,26,33)/t13-,15+,17-,19-,32?/m1/s1/i8D2,17D. The number of phosphoric ester groups is 1. The van der Waals surface area contributed by atoms with Crippen molar-refractivity contribution in [3.05, 3.63) is 55.7 Å². The molecule has 0 bridgehead atoms. The first-order valence-electron chi connectivity index (χ1n) is 10.9. The van der Waals surface area contributed by atoms with Crippen LogP contribution < -0.4 is 10.1 Å². The molecule has 1 saturated heterocycles. The van der Waals surface area contributed by atoms with Gasteiger partial charge in [-0.15, -0.1) is 0 Å². The molecule has 0 aliphatic carbocycles. The lowest BCUT2D eigenvalue weighted by atomic mass is 10.1. The molecule has 1 aromatic carbocycles. The zero-order valence-corrected chi connectivity index (χ0v) is 18.8. The molecule has 1 fully saturated rings. The van der Waals surface area contributed by atoms with Gasteiger partial charge in [0.05, 0.1) is 16.3 Å². The second-order valence-corrected chi connectivity index (χ2v) is 9.29. The molecule has 11 nitrogen and oxygen atoms in total. The number of fused-ring (bicyclic) bond motifs is 1. The van der Waals surface area contributed by atoms with Crippen LogP contribution in [0, 0.1) is 18.6 Å². The number of aromatic amines is 1. The summed E-state index contributed by atoms with van der Waals surface area (Å²) < 4.78 is 73.5. The van der Waals surface area contributed by atoms with Gasteiger partial charge in [0.1, 0.15) is 24.5 Å². The molecule has 5 atom stereocenters. The number of nitrogens with one attached hydrogen (secondary N) is 1. The third-order valence-electron chi connectivity index (χ3n) is 4.89. The SMILES string of the molecule is [2H]C([2H])(OP1(=O)OCc2cc(C)cc(C)c2O1)[C@@]1(F)O[C@@]([2H])(n2cc(C=O)c(=O)[nH]c2=S)[C@H](O)[C@@H]1O. The first-order chi connectivity index (χ1) is 16.6. The first-order valence-corrected chi connectivity index (χ1v) is 11.3. The van der Waals surface area contributed by atoms with Crippen molar-refractivity contribution >= 4 is 26.3 Å². The minimum atomic E-state index is -4.86. The van der Waals surface area contributed by atoms with Gasteiger partial charge in [-0.3, -0.25) is 28.2 Å². The Kier molecular flexibility index (Phi) is 5.20. The lowest BCUT2D eigenvalue weighted by Gasteiger charge is -2.29. The number of nitrogens with zero attached hydrogens (tertiary/aromatic N) is 1. The summed E-state index contributed by atoms with van der Waals surface area (Å²) in [6, 6.07) is 3.36. The van der Waals surface area contributed by atoms with Gasteiger partial charge in [-0.2, -0.15) is 0 Å². The van der Waals surface area contributed by atoms with Gasteiger partial charge in [0.15, 0.2) is 17.3 Å². The van der Waals surface area contributed by atoms with Crippen LogP contribution in [0.4, 0.5) is 4.39 Å². The minimum absolute atomic E-state index is 0.0718. The molecule has 3 heterocycles. The van der Waals surface area contributed by atoms with Gasteiger partial charge in [0.2, 0.25) is 0 Å². The van der Waals surface area contributed by atoms with E-state index in [2.05, 4.69) is 0 Å². The van der Waals surface area contributed by atoms with E-state index in [0.29, 0.717) is 21.9 Å². The van der Waals surface area contributed by atoms with E-state index in [1.54, 1.807) is 26.0 Å². The van der Waals surface area contributed by atoms with Crippen LogP contribution in [0.2, 0.25) is 0 Å². The van der Waals surface area contributed by atoms with E-state index >= 15 is 4.39 Å². The van der Waals surface area contributed by atoms with E-state index in [4.69, 9.17) is 34.6 Å². The maximum atomic E-state index is 16.0. The molecule has 1 unspecified atom stereocenters. The van der Waals surface area contributed by atoms with Crippen molar-refractivity contribution in [2.45, 2.75) is 44.7 Å². The number of H-pyrrole nitrogens is 1. The molecule has 0 amide bonds. The van der Waals surface area contributed by atoms with Gasteiger partial charge in [-0.1, -0.05) is 17.7 Å². The van der Waals surface area contributed by atoms with Crippen LogP contribution in [-0.2, 0) is 25.0 Å². The Balaban J connectivity index is 1.69. The average molecular weight is 505 g/mol. The van der Waals surface area contributed by atoms with Crippen LogP contribution in [0.1, 0.15) is 37.4 Å². The van der Waals surface area contributed by atoms with Gasteiger partial charge in [0.25, 0.3) is 11.4 Å². The molecule has 3 N–H and O–H groups in total. The molecular formula is C19H20FN2O9PS. The molecule has 4 rings (SSSR count). The Hall–Kier alpha value is -2.25. The number of halogens is 1. The monoisotopic (exact) mass is 505 g/mol. The van der Waals surface area contributed by atoms with Gasteiger partial charge < -0.3 is 19.5 Å². The van der Waals surface area contributed by atoms with Crippen molar-refractivity contribution in [1.82, 2.24) is 9.55 Å². The lowest BCUT2D eigenvalue weighted by molar-refractivity contribution is -0.205. The number of alkyl halides is 1. The number of ether oxygens (including phenoxy) is 1. The highest BCUT2D eigenvalue weighted by Crippen LogP contribution is 2.56. The predicted molar refractivity (Wildman–Crippen MR) is 112 cm³/mol. The zero-order chi connectivity index (χ0) is 26.8. The minimum Gasteiger partial charge on any atom is -0.403 e. The second-order valence-electron chi connectivity index (χ2n) is 7.38. The van der Waals surface area contributed by atoms with Gasteiger partial charge >= 0.3 is 7.82 Å². The summed E-state index contributed by atoms with van der Waals surface area (Å²) in [6.45, 7) is -0.754. The van der Waals surface area contributed by atoms with Gasteiger partial charge in [-0.25, -0.2) is 8.96 Å². The number of aryl methyl sites for hydroxylation is 2. The van der Waals surface area contributed by atoms with Crippen molar-refractivity contribution in [2.24, 2.45) is 0 Å². The molecule has 14 heteroatoms. The van der Waals surface area contributed by atoms with E-state index in [1.807, 2.05) is 4.98 Å². The molecule has 0 saturated carbocycles. The van der Waals surface area contributed by atoms with Crippen LogP contribution in [0.3, 0.4) is 0 Å². The van der Waals surface area contributed by atoms with Crippen molar-refractivity contribution < 1.29 is 46.4 Å². The van der Waals surface area contributed by atoms with Crippen molar-refractivity contribution in [2.75, 3.05) is 6.56 Å². The molecule has 178 valence electrons. The quantitative estimate of drug-likeness (QED) is 0.313. The second kappa shape index (κ2) is 8.51. The molecule has 33 heavy (non-hydrogen) atoms. The Morgan fingerprint density at radius 1 is 1.52 bits per heavy atom. The third-order valence-corrected chi connectivity index (χ3v) is 6.36. The number of benzene rings is 1. The number of aliphatic hydroxyl groups is 2. The lowest BCUT2D eigenvalue weighted by Crippen LogP contribution is -2.43. The highest BCUT2D eigenvalue weighted by molar-refractivity contribution is 7.71. The van der Waals surface area contributed by atoms with Gasteiger partial charge in [0, 0.05) is 11.8 Å². The maximum Gasteiger partial charge on any atom is 0.530 e. The van der Waals surface area contributed by atoms with Crippen molar-refractivity contribution in [1.29, 1.82) is 0 Å². The Morgan fingerprint density at radius 2 is 2.24 bits per heavy atom. The number of phosphoric acid groups is 1. The fourth-order valence-corrected chi connectivity index (χ4v) is 4.74. The normalized spacial score (nSPS) is 35.1. The summed E-state index contributed by atoms with van der Waals surface area (Å²) in [7, 11) is -4.86. The topological polar surface area (TPSA) is 149 Å². The van der Waals surface area contributed by atoms with E-state index < -0.39 is 54.5 Å². The maximum absolute atomic E-state index is 16.0. The van der Waals surface area contributed by atoms with E-state index in [1.165, 1.54) is 0 Å². The van der Waals surface area contributed by atoms with E-state index in [0.717, 1.165) is 5.56 Å². The number of carbonyl (C=O) groups excluding carboxylic acids is 1. The van der Waals surface area contributed by atoms with Crippen molar-refractivity contribution in [3.8, 4) is 5.75 Å². The highest BCUT2D eigenvalue weighted by atomic mass is 32.1. The van der Waals surface area contributed by atoms with E-state index in [9.17, 15) is 24.4 Å². The summed E-state index contributed by atoms with van der Waals surface area (Å²) in [4.78, 5) is 24.9.